The topological polar surface area (TPSA) is 78.4 Å². The summed E-state index contributed by atoms with van der Waals surface area (Å²) >= 11 is 5.27. The Morgan fingerprint density at radius 3 is 2.29 bits per heavy atom. The molecule has 1 N–H and O–H groups in total. The molecule has 0 unspecified atom stereocenters. The third kappa shape index (κ3) is 4.16. The molecule has 1 aliphatic heterocycles. The van der Waals surface area contributed by atoms with E-state index in [1.807, 2.05) is 0 Å². The number of hydrogen-bond acceptors (Lipinski definition) is 4. The van der Waals surface area contributed by atoms with Crippen LogP contribution in [0.4, 0.5) is 8.78 Å². The van der Waals surface area contributed by atoms with E-state index in [-0.39, 0.29) is 47.4 Å². The Morgan fingerprint density at radius 2 is 1.65 bits per heavy atom. The maximum absolute atomic E-state index is 13.5. The van der Waals surface area contributed by atoms with Crippen LogP contribution in [0, 0.1) is 16.4 Å². The molecule has 7 nitrogen and oxygen atoms in total. The fourth-order valence-corrected chi connectivity index (χ4v) is 5.16. The van der Waals surface area contributed by atoms with Gasteiger partial charge in [0.25, 0.3) is 5.91 Å². The van der Waals surface area contributed by atoms with Crippen molar-refractivity contribution < 1.29 is 22.0 Å². The van der Waals surface area contributed by atoms with Gasteiger partial charge < -0.3 is 9.88 Å². The Morgan fingerprint density at radius 1 is 0.968 bits per heavy atom. The minimum Gasteiger partial charge on any atom is -0.336 e. The summed E-state index contributed by atoms with van der Waals surface area (Å²) in [5.41, 5.74) is 0.793. The zero-order valence-electron chi connectivity index (χ0n) is 16.2. The van der Waals surface area contributed by atoms with Gasteiger partial charge in [0.15, 0.2) is 4.77 Å². The molecule has 1 aromatic heterocycles. The molecule has 11 heteroatoms. The molecule has 1 amide bonds. The van der Waals surface area contributed by atoms with Crippen LogP contribution in [0.25, 0.3) is 5.69 Å². The molecule has 1 saturated heterocycles. The second kappa shape index (κ2) is 8.33. The number of amides is 1. The van der Waals surface area contributed by atoms with Gasteiger partial charge in [-0.3, -0.25) is 9.36 Å². The highest BCUT2D eigenvalue weighted by Crippen LogP contribution is 2.20. The van der Waals surface area contributed by atoms with Crippen LogP contribution in [-0.4, -0.2) is 59.3 Å². The maximum atomic E-state index is 13.5. The van der Waals surface area contributed by atoms with Gasteiger partial charge in [-0.15, -0.1) is 0 Å². The number of halogens is 2. The van der Waals surface area contributed by atoms with Crippen molar-refractivity contribution in [2.45, 2.75) is 4.90 Å². The summed E-state index contributed by atoms with van der Waals surface area (Å²) in [6.45, 7) is 0.474. The number of carbonyl (C=O) groups excluding carboxylic acids is 1. The standard InChI is InChI=1S/C20H18F2N4O3S2/c21-14-4-6-16(7-5-14)26-18(13-23-20(26)30)19(27)24-8-10-25(11-9-24)31(28,29)17-3-1-2-15(22)12-17/h1-7,12-13H,8-11H2,(H,23,30). The highest BCUT2D eigenvalue weighted by molar-refractivity contribution is 7.89. The van der Waals surface area contributed by atoms with E-state index in [4.69, 9.17) is 12.2 Å². The number of benzene rings is 2. The van der Waals surface area contributed by atoms with Gasteiger partial charge in [0.2, 0.25) is 10.0 Å². The van der Waals surface area contributed by atoms with E-state index in [2.05, 4.69) is 4.98 Å². The number of imidazole rings is 1. The molecule has 1 fully saturated rings. The maximum Gasteiger partial charge on any atom is 0.272 e. The van der Waals surface area contributed by atoms with E-state index < -0.39 is 21.7 Å². The van der Waals surface area contributed by atoms with E-state index in [1.165, 1.54) is 62.4 Å². The van der Waals surface area contributed by atoms with Crippen molar-refractivity contribution in [3.63, 3.8) is 0 Å². The summed E-state index contributed by atoms with van der Waals surface area (Å²) in [7, 11) is -3.86. The fraction of sp³-hybridized carbons (Fsp3) is 0.200. The monoisotopic (exact) mass is 464 g/mol. The van der Waals surface area contributed by atoms with Crippen molar-refractivity contribution in [2.75, 3.05) is 26.2 Å². The molecule has 0 aliphatic carbocycles. The van der Waals surface area contributed by atoms with Gasteiger partial charge in [-0.2, -0.15) is 4.31 Å². The van der Waals surface area contributed by atoms with Crippen LogP contribution in [0.5, 0.6) is 0 Å². The Balaban J connectivity index is 1.52. The highest BCUT2D eigenvalue weighted by Gasteiger charge is 2.31. The largest absolute Gasteiger partial charge is 0.336 e. The summed E-state index contributed by atoms with van der Waals surface area (Å²) in [6.07, 6.45) is 1.48. The number of carbonyl (C=O) groups is 1. The summed E-state index contributed by atoms with van der Waals surface area (Å²) in [4.78, 5) is 17.3. The first kappa shape index (κ1) is 21.3. The normalized spacial score (nSPS) is 15.2. The number of piperazine rings is 1. The first-order valence-corrected chi connectivity index (χ1v) is 11.2. The van der Waals surface area contributed by atoms with Crippen molar-refractivity contribution in [3.8, 4) is 5.69 Å². The van der Waals surface area contributed by atoms with Crippen molar-refractivity contribution in [1.82, 2.24) is 18.8 Å². The van der Waals surface area contributed by atoms with Crippen LogP contribution >= 0.6 is 12.2 Å². The Labute approximate surface area is 182 Å². The quantitative estimate of drug-likeness (QED) is 0.603. The summed E-state index contributed by atoms with van der Waals surface area (Å²) in [6, 6.07) is 10.4. The van der Waals surface area contributed by atoms with Crippen molar-refractivity contribution in [2.24, 2.45) is 0 Å². The third-order valence-corrected chi connectivity index (χ3v) is 7.24. The molecular weight excluding hydrogens is 446 g/mol. The Kier molecular flexibility index (Phi) is 5.73. The zero-order chi connectivity index (χ0) is 22.2. The lowest BCUT2D eigenvalue weighted by Crippen LogP contribution is -2.50. The van der Waals surface area contributed by atoms with Crippen LogP contribution < -0.4 is 0 Å². The van der Waals surface area contributed by atoms with Gasteiger partial charge in [0.05, 0.1) is 4.90 Å². The molecule has 0 atom stereocenters. The van der Waals surface area contributed by atoms with Gasteiger partial charge >= 0.3 is 0 Å². The predicted molar refractivity (Wildman–Crippen MR) is 112 cm³/mol. The molecule has 1 aliphatic rings. The number of aromatic amines is 1. The number of sulfonamides is 1. The van der Waals surface area contributed by atoms with E-state index in [0.29, 0.717) is 5.69 Å². The Bertz CT molecular complexity index is 1280. The van der Waals surface area contributed by atoms with Crippen LogP contribution in [0.3, 0.4) is 0 Å². The molecule has 0 radical (unpaired) electrons. The second-order valence-corrected chi connectivity index (χ2v) is 9.27. The fourth-order valence-electron chi connectivity index (χ4n) is 3.44. The predicted octanol–water partition coefficient (Wildman–Crippen LogP) is 2.96. The number of aromatic nitrogens is 2. The molecule has 2 heterocycles. The molecule has 0 spiro atoms. The number of hydrogen-bond donors (Lipinski definition) is 1. The number of nitrogens with one attached hydrogen (secondary N) is 1. The van der Waals surface area contributed by atoms with Crippen molar-refractivity contribution >= 4 is 28.1 Å². The zero-order valence-corrected chi connectivity index (χ0v) is 17.8. The molecule has 162 valence electrons. The number of H-pyrrole nitrogens is 1. The SMILES string of the molecule is O=C(c1c[nH]c(=S)n1-c1ccc(F)cc1)N1CCN(S(=O)(=O)c2cccc(F)c2)CC1. The molecule has 2 aromatic carbocycles. The molecule has 0 saturated carbocycles. The molecule has 4 rings (SSSR count). The average molecular weight is 465 g/mol. The lowest BCUT2D eigenvalue weighted by Gasteiger charge is -2.34. The van der Waals surface area contributed by atoms with E-state index in [1.54, 1.807) is 0 Å². The first-order valence-electron chi connectivity index (χ1n) is 9.39. The highest BCUT2D eigenvalue weighted by atomic mass is 32.2. The van der Waals surface area contributed by atoms with E-state index in [9.17, 15) is 22.0 Å². The lowest BCUT2D eigenvalue weighted by molar-refractivity contribution is 0.0689. The van der Waals surface area contributed by atoms with Gasteiger partial charge in [-0.25, -0.2) is 17.2 Å². The second-order valence-electron chi connectivity index (χ2n) is 6.94. The van der Waals surface area contributed by atoms with Crippen LogP contribution in [0.1, 0.15) is 10.5 Å². The van der Waals surface area contributed by atoms with Gasteiger partial charge in [0.1, 0.15) is 17.3 Å². The molecule has 3 aromatic rings. The van der Waals surface area contributed by atoms with E-state index in [0.717, 1.165) is 6.07 Å². The third-order valence-electron chi connectivity index (χ3n) is 5.04. The summed E-state index contributed by atoms with van der Waals surface area (Å²) in [5, 5.41) is 0. The average Bonchev–Trinajstić information content (AvgIpc) is 3.15. The summed E-state index contributed by atoms with van der Waals surface area (Å²) in [5.74, 6) is -1.37. The van der Waals surface area contributed by atoms with Gasteiger partial charge in [0, 0.05) is 38.1 Å². The minimum atomic E-state index is -3.86. The number of rotatable bonds is 4. The molecule has 31 heavy (non-hydrogen) atoms. The smallest absolute Gasteiger partial charge is 0.272 e. The minimum absolute atomic E-state index is 0.0757. The van der Waals surface area contributed by atoms with Crippen LogP contribution in [0.2, 0.25) is 0 Å². The van der Waals surface area contributed by atoms with Crippen LogP contribution in [0.15, 0.2) is 59.6 Å². The lowest BCUT2D eigenvalue weighted by atomic mass is 10.2. The molecular formula is C20H18F2N4O3S2. The van der Waals surface area contributed by atoms with Crippen molar-refractivity contribution in [3.05, 3.63) is 76.8 Å². The van der Waals surface area contributed by atoms with Gasteiger partial charge in [-0.1, -0.05) is 6.07 Å². The van der Waals surface area contributed by atoms with E-state index >= 15 is 0 Å². The molecule has 0 bridgehead atoms. The van der Waals surface area contributed by atoms with Crippen LogP contribution in [-0.2, 0) is 10.0 Å². The van der Waals surface area contributed by atoms with Gasteiger partial charge in [-0.05, 0) is 54.7 Å². The van der Waals surface area contributed by atoms with Crippen molar-refractivity contribution in [1.29, 1.82) is 0 Å². The Hall–Kier alpha value is -2.89. The first-order chi connectivity index (χ1) is 14.8. The number of nitrogens with zero attached hydrogens (tertiary/aromatic N) is 3. The summed E-state index contributed by atoms with van der Waals surface area (Å²) < 4.78 is 55.3.